The van der Waals surface area contributed by atoms with Gasteiger partial charge in [-0.25, -0.2) is 0 Å². The van der Waals surface area contributed by atoms with Crippen molar-refractivity contribution in [2.75, 3.05) is 19.4 Å². The molecule has 176 valence electrons. The van der Waals surface area contributed by atoms with Crippen LogP contribution in [0.3, 0.4) is 0 Å². The van der Waals surface area contributed by atoms with E-state index in [1.165, 1.54) is 0 Å². The van der Waals surface area contributed by atoms with Gasteiger partial charge < -0.3 is 14.8 Å². The predicted molar refractivity (Wildman–Crippen MR) is 135 cm³/mol. The SMILES string of the molecule is COc1cc(CNCCCSc2nnnn2-c2ccccc2)ccc1OCc1cccc(Cl)c1. The average molecular weight is 496 g/mol. The molecule has 3 aromatic carbocycles. The lowest BCUT2D eigenvalue weighted by molar-refractivity contribution is 0.284. The quantitative estimate of drug-likeness (QED) is 0.214. The number of nitrogens with zero attached hydrogens (tertiary/aromatic N) is 4. The molecule has 1 aromatic heterocycles. The van der Waals surface area contributed by atoms with Crippen molar-refractivity contribution < 1.29 is 9.47 Å². The molecule has 0 aliphatic heterocycles. The van der Waals surface area contributed by atoms with Crippen molar-refractivity contribution in [1.29, 1.82) is 0 Å². The highest BCUT2D eigenvalue weighted by atomic mass is 35.5. The van der Waals surface area contributed by atoms with Gasteiger partial charge in [-0.3, -0.25) is 0 Å². The van der Waals surface area contributed by atoms with Gasteiger partial charge in [-0.05, 0) is 70.9 Å². The number of nitrogens with one attached hydrogen (secondary N) is 1. The van der Waals surface area contributed by atoms with Crippen LogP contribution in [0.15, 0.2) is 78.0 Å². The second kappa shape index (κ2) is 12.4. The molecule has 1 heterocycles. The maximum Gasteiger partial charge on any atom is 0.214 e. The second-order valence-electron chi connectivity index (χ2n) is 7.49. The summed E-state index contributed by atoms with van der Waals surface area (Å²) in [6.07, 6.45) is 0.990. The van der Waals surface area contributed by atoms with E-state index >= 15 is 0 Å². The Labute approximate surface area is 208 Å². The lowest BCUT2D eigenvalue weighted by Gasteiger charge is -2.13. The number of methoxy groups -OCH3 is 1. The highest BCUT2D eigenvalue weighted by Gasteiger charge is 2.09. The summed E-state index contributed by atoms with van der Waals surface area (Å²) < 4.78 is 13.2. The first kappa shape index (κ1) is 24.1. The van der Waals surface area contributed by atoms with E-state index in [4.69, 9.17) is 21.1 Å². The average Bonchev–Trinajstić information content (AvgIpc) is 3.34. The number of hydrogen-bond acceptors (Lipinski definition) is 7. The Hall–Kier alpha value is -3.07. The van der Waals surface area contributed by atoms with Crippen LogP contribution in [0.4, 0.5) is 0 Å². The molecule has 0 aliphatic carbocycles. The normalized spacial score (nSPS) is 10.9. The summed E-state index contributed by atoms with van der Waals surface area (Å²) in [6, 6.07) is 23.5. The van der Waals surface area contributed by atoms with Crippen LogP contribution in [0.5, 0.6) is 11.5 Å². The summed E-state index contributed by atoms with van der Waals surface area (Å²) in [5.74, 6) is 2.34. The molecule has 0 aliphatic rings. The fourth-order valence-electron chi connectivity index (χ4n) is 3.32. The van der Waals surface area contributed by atoms with Crippen LogP contribution in [0.1, 0.15) is 17.5 Å². The number of hydrogen-bond donors (Lipinski definition) is 1. The Morgan fingerprint density at radius 1 is 0.971 bits per heavy atom. The minimum Gasteiger partial charge on any atom is -0.493 e. The molecule has 34 heavy (non-hydrogen) atoms. The Morgan fingerprint density at radius 3 is 2.68 bits per heavy atom. The smallest absolute Gasteiger partial charge is 0.214 e. The van der Waals surface area contributed by atoms with Crippen molar-refractivity contribution in [3.05, 3.63) is 88.9 Å². The van der Waals surface area contributed by atoms with E-state index < -0.39 is 0 Å². The third kappa shape index (κ3) is 6.72. The molecule has 0 bridgehead atoms. The molecule has 0 saturated carbocycles. The van der Waals surface area contributed by atoms with E-state index in [0.717, 1.165) is 47.2 Å². The zero-order valence-electron chi connectivity index (χ0n) is 18.9. The van der Waals surface area contributed by atoms with Crippen molar-refractivity contribution >= 4 is 23.4 Å². The summed E-state index contributed by atoms with van der Waals surface area (Å²) in [7, 11) is 1.65. The summed E-state index contributed by atoms with van der Waals surface area (Å²) in [5, 5.41) is 17.0. The van der Waals surface area contributed by atoms with Crippen molar-refractivity contribution in [3.63, 3.8) is 0 Å². The molecule has 1 N–H and O–H groups in total. The van der Waals surface area contributed by atoms with Gasteiger partial charge in [-0.1, -0.05) is 59.8 Å². The largest absolute Gasteiger partial charge is 0.493 e. The van der Waals surface area contributed by atoms with Gasteiger partial charge in [-0.2, -0.15) is 4.68 Å². The maximum atomic E-state index is 6.05. The Bertz CT molecular complexity index is 1190. The van der Waals surface area contributed by atoms with E-state index in [-0.39, 0.29) is 0 Å². The molecular formula is C25H26ClN5O2S. The minimum absolute atomic E-state index is 0.430. The summed E-state index contributed by atoms with van der Waals surface area (Å²) >= 11 is 7.70. The highest BCUT2D eigenvalue weighted by Crippen LogP contribution is 2.29. The first-order chi connectivity index (χ1) is 16.7. The minimum atomic E-state index is 0.430. The summed E-state index contributed by atoms with van der Waals surface area (Å²) in [5.41, 5.74) is 3.10. The topological polar surface area (TPSA) is 74.1 Å². The second-order valence-corrected chi connectivity index (χ2v) is 8.99. The fourth-order valence-corrected chi connectivity index (χ4v) is 4.37. The summed E-state index contributed by atoms with van der Waals surface area (Å²) in [6.45, 7) is 2.06. The number of benzene rings is 3. The molecule has 7 nitrogen and oxygen atoms in total. The van der Waals surface area contributed by atoms with Gasteiger partial charge in [0.25, 0.3) is 0 Å². The van der Waals surface area contributed by atoms with Gasteiger partial charge in [0, 0.05) is 17.3 Å². The Morgan fingerprint density at radius 2 is 1.85 bits per heavy atom. The molecule has 4 rings (SSSR count). The number of halogens is 1. The van der Waals surface area contributed by atoms with E-state index in [1.54, 1.807) is 23.6 Å². The lowest BCUT2D eigenvalue weighted by atomic mass is 10.2. The number of rotatable bonds is 12. The van der Waals surface area contributed by atoms with Crippen LogP contribution >= 0.6 is 23.4 Å². The fraction of sp³-hybridized carbons (Fsp3) is 0.240. The predicted octanol–water partition coefficient (Wildman–Crippen LogP) is 5.18. The zero-order valence-corrected chi connectivity index (χ0v) is 20.4. The van der Waals surface area contributed by atoms with Gasteiger partial charge >= 0.3 is 0 Å². The molecule has 0 unspecified atom stereocenters. The Kier molecular flexibility index (Phi) is 8.78. The molecule has 0 spiro atoms. The molecule has 0 radical (unpaired) electrons. The molecule has 0 atom stereocenters. The number of tetrazole rings is 1. The lowest BCUT2D eigenvalue weighted by Crippen LogP contribution is -2.15. The van der Waals surface area contributed by atoms with E-state index in [1.807, 2.05) is 72.8 Å². The first-order valence-corrected chi connectivity index (χ1v) is 12.3. The number of ether oxygens (including phenoxy) is 2. The van der Waals surface area contributed by atoms with Crippen LogP contribution < -0.4 is 14.8 Å². The first-order valence-electron chi connectivity index (χ1n) is 10.9. The standard InChI is InChI=1S/C25H26ClN5O2S/c1-32-24-16-19(11-12-23(24)33-18-20-7-5-8-21(26)15-20)17-27-13-6-14-34-25-28-29-30-31(25)22-9-3-2-4-10-22/h2-5,7-12,15-16,27H,6,13-14,17-18H2,1H3. The third-order valence-electron chi connectivity index (χ3n) is 5.01. The summed E-state index contributed by atoms with van der Waals surface area (Å²) in [4.78, 5) is 0. The monoisotopic (exact) mass is 495 g/mol. The maximum absolute atomic E-state index is 6.05. The van der Waals surface area contributed by atoms with Crippen molar-refractivity contribution in [2.24, 2.45) is 0 Å². The number of para-hydroxylation sites is 1. The van der Waals surface area contributed by atoms with Gasteiger partial charge in [-0.15, -0.1) is 5.10 Å². The molecular weight excluding hydrogens is 470 g/mol. The molecule has 9 heteroatoms. The van der Waals surface area contributed by atoms with E-state index in [0.29, 0.717) is 23.1 Å². The molecule has 4 aromatic rings. The van der Waals surface area contributed by atoms with Gasteiger partial charge in [0.05, 0.1) is 12.8 Å². The van der Waals surface area contributed by atoms with E-state index in [2.05, 4.69) is 20.8 Å². The van der Waals surface area contributed by atoms with Crippen LogP contribution in [0, 0.1) is 0 Å². The van der Waals surface area contributed by atoms with Gasteiger partial charge in [0.15, 0.2) is 11.5 Å². The van der Waals surface area contributed by atoms with Crippen molar-refractivity contribution in [3.8, 4) is 17.2 Å². The van der Waals surface area contributed by atoms with Crippen molar-refractivity contribution in [1.82, 2.24) is 25.5 Å². The van der Waals surface area contributed by atoms with Crippen LogP contribution in [-0.2, 0) is 13.2 Å². The van der Waals surface area contributed by atoms with Crippen LogP contribution in [0.2, 0.25) is 5.02 Å². The van der Waals surface area contributed by atoms with Gasteiger partial charge in [0.2, 0.25) is 5.16 Å². The van der Waals surface area contributed by atoms with E-state index in [9.17, 15) is 0 Å². The highest BCUT2D eigenvalue weighted by molar-refractivity contribution is 7.99. The number of aromatic nitrogens is 4. The Balaban J connectivity index is 1.20. The zero-order chi connectivity index (χ0) is 23.6. The molecule has 0 fully saturated rings. The van der Waals surface area contributed by atoms with Gasteiger partial charge in [0.1, 0.15) is 6.61 Å². The van der Waals surface area contributed by atoms with Crippen LogP contribution in [-0.4, -0.2) is 39.6 Å². The third-order valence-corrected chi connectivity index (χ3v) is 6.25. The van der Waals surface area contributed by atoms with Crippen LogP contribution in [0.25, 0.3) is 5.69 Å². The molecule has 0 amide bonds. The molecule has 0 saturated heterocycles. The number of thioether (sulfide) groups is 1. The van der Waals surface area contributed by atoms with Crippen molar-refractivity contribution in [2.45, 2.75) is 24.7 Å².